The van der Waals surface area contributed by atoms with Crippen LogP contribution in [-0.4, -0.2) is 29.8 Å². The van der Waals surface area contributed by atoms with Gasteiger partial charge in [-0.05, 0) is 30.2 Å². The molecule has 0 bridgehead atoms. The molecule has 3 rings (SSSR count). The van der Waals surface area contributed by atoms with E-state index in [2.05, 4.69) is 16.3 Å². The highest BCUT2D eigenvalue weighted by Gasteiger charge is 2.39. The fourth-order valence-electron chi connectivity index (χ4n) is 2.87. The Morgan fingerprint density at radius 3 is 1.62 bits per heavy atom. The standard InChI is InChI=1S/C21H18N2O2S.CH2N2/c1-16-12-14-19(15-13-16)26(24,25)21(23-22)20(17-8-4-2-5-9-17)18-10-6-3-7-11-18;1-3-2/h2-15,20H,1H3;1H2. The summed E-state index contributed by atoms with van der Waals surface area (Å²) in [4.78, 5) is 5.59. The third-order valence-electron chi connectivity index (χ3n) is 4.22. The van der Waals surface area contributed by atoms with Crippen molar-refractivity contribution in [2.24, 2.45) is 0 Å². The van der Waals surface area contributed by atoms with Crippen LogP contribution in [0.15, 0.2) is 89.8 Å². The van der Waals surface area contributed by atoms with Gasteiger partial charge < -0.3 is 11.1 Å². The number of sulfone groups is 1. The van der Waals surface area contributed by atoms with Gasteiger partial charge in [0.2, 0.25) is 6.72 Å². The van der Waals surface area contributed by atoms with E-state index in [-0.39, 0.29) is 9.94 Å². The number of benzene rings is 3. The van der Waals surface area contributed by atoms with E-state index < -0.39 is 15.8 Å². The molecule has 146 valence electrons. The van der Waals surface area contributed by atoms with Gasteiger partial charge in [0.15, 0.2) is 0 Å². The minimum Gasteiger partial charge on any atom is -0.362 e. The van der Waals surface area contributed by atoms with Gasteiger partial charge in [0.05, 0.1) is 4.90 Å². The monoisotopic (exact) mass is 404 g/mol. The quantitative estimate of drug-likeness (QED) is 0.282. The number of rotatable bonds is 4. The Hall–Kier alpha value is -3.63. The molecule has 0 atom stereocenters. The number of nitrogens with zero attached hydrogens (tertiary/aromatic N) is 4. The fraction of sp³-hybridized carbons (Fsp3) is 0.0909. The summed E-state index contributed by atoms with van der Waals surface area (Å²) in [6.07, 6.45) is 0. The molecule has 0 aliphatic heterocycles. The first-order valence-corrected chi connectivity index (χ1v) is 10.2. The van der Waals surface area contributed by atoms with Gasteiger partial charge in [-0.15, -0.1) is 0 Å². The van der Waals surface area contributed by atoms with Crippen LogP contribution in [-0.2, 0) is 9.84 Å². The Labute approximate surface area is 170 Å². The first-order valence-electron chi connectivity index (χ1n) is 8.69. The van der Waals surface area contributed by atoms with E-state index in [1.165, 1.54) is 12.1 Å². The van der Waals surface area contributed by atoms with Crippen molar-refractivity contribution >= 4 is 21.6 Å². The van der Waals surface area contributed by atoms with Gasteiger partial charge >= 0.3 is 5.04 Å². The summed E-state index contributed by atoms with van der Waals surface area (Å²) >= 11 is 0. The number of aryl methyl sites for hydroxylation is 1. The van der Waals surface area contributed by atoms with Crippen LogP contribution < -0.4 is 0 Å². The smallest absolute Gasteiger partial charge is 0.362 e. The second-order valence-electron chi connectivity index (χ2n) is 6.15. The van der Waals surface area contributed by atoms with Crippen LogP contribution in [0.1, 0.15) is 22.6 Å². The molecular formula is C22H20N4O2S. The molecule has 0 amide bonds. The Bertz CT molecular complexity index is 1090. The van der Waals surface area contributed by atoms with Crippen LogP contribution in [0.25, 0.3) is 11.1 Å². The SMILES string of the molecule is C=[N+]=[N-].Cc1ccc(S(=O)(=O)C(=[N+]=[N-])C(c2ccccc2)c2ccccc2)cc1. The van der Waals surface area contributed by atoms with Gasteiger partial charge in [-0.3, -0.25) is 0 Å². The molecule has 6 nitrogen and oxygen atoms in total. The topological polar surface area (TPSA) is 107 Å². The van der Waals surface area contributed by atoms with E-state index in [1.54, 1.807) is 12.1 Å². The maximum Gasteiger partial charge on any atom is 0.397 e. The molecular weight excluding hydrogens is 384 g/mol. The van der Waals surface area contributed by atoms with Crippen molar-refractivity contribution in [1.82, 2.24) is 0 Å². The second kappa shape index (κ2) is 10.1. The zero-order valence-electron chi connectivity index (χ0n) is 15.9. The zero-order chi connectivity index (χ0) is 21.3. The molecule has 0 radical (unpaired) electrons. The largest absolute Gasteiger partial charge is 0.397 e. The van der Waals surface area contributed by atoms with Gasteiger partial charge in [0, 0.05) is 0 Å². The van der Waals surface area contributed by atoms with Crippen molar-refractivity contribution in [3.63, 3.8) is 0 Å². The van der Waals surface area contributed by atoms with E-state index in [9.17, 15) is 13.9 Å². The van der Waals surface area contributed by atoms with Crippen molar-refractivity contribution in [2.75, 3.05) is 0 Å². The van der Waals surface area contributed by atoms with Gasteiger partial charge in [-0.2, -0.15) is 9.58 Å². The normalized spacial score (nSPS) is 10.3. The average molecular weight is 404 g/mol. The predicted octanol–water partition coefficient (Wildman–Crippen LogP) is 4.15. The second-order valence-corrected chi connectivity index (χ2v) is 8.05. The number of hydrogen-bond donors (Lipinski definition) is 0. The van der Waals surface area contributed by atoms with Gasteiger partial charge in [0.1, 0.15) is 5.92 Å². The van der Waals surface area contributed by atoms with Gasteiger partial charge in [-0.1, -0.05) is 78.4 Å². The van der Waals surface area contributed by atoms with Gasteiger partial charge in [-0.25, -0.2) is 8.42 Å². The highest BCUT2D eigenvalue weighted by Crippen LogP contribution is 2.30. The molecule has 0 aliphatic carbocycles. The van der Waals surface area contributed by atoms with Crippen LogP contribution in [0.4, 0.5) is 0 Å². The first kappa shape index (κ1) is 21.7. The van der Waals surface area contributed by atoms with Crippen molar-refractivity contribution < 1.29 is 18.0 Å². The lowest BCUT2D eigenvalue weighted by Gasteiger charge is -2.14. The Balaban J connectivity index is 0.000000941. The average Bonchev–Trinajstić information content (AvgIpc) is 2.74. The Kier molecular flexibility index (Phi) is 7.52. The molecule has 3 aromatic rings. The molecule has 7 heteroatoms. The zero-order valence-corrected chi connectivity index (χ0v) is 16.7. The maximum atomic E-state index is 13.2. The van der Waals surface area contributed by atoms with Crippen LogP contribution >= 0.6 is 0 Å². The summed E-state index contributed by atoms with van der Waals surface area (Å²) in [6.45, 7) is 4.55. The van der Waals surface area contributed by atoms with Crippen LogP contribution in [0.5, 0.6) is 0 Å². The van der Waals surface area contributed by atoms with E-state index in [0.29, 0.717) is 0 Å². The van der Waals surface area contributed by atoms with E-state index in [4.69, 9.17) is 5.53 Å². The van der Waals surface area contributed by atoms with E-state index in [1.807, 2.05) is 67.6 Å². The van der Waals surface area contributed by atoms with E-state index in [0.717, 1.165) is 16.7 Å². The maximum absolute atomic E-state index is 13.2. The third-order valence-corrected chi connectivity index (χ3v) is 5.98. The highest BCUT2D eigenvalue weighted by molar-refractivity contribution is 8.06. The fourth-order valence-corrected chi connectivity index (χ4v) is 4.30. The third kappa shape index (κ3) is 5.21. The van der Waals surface area contributed by atoms with Gasteiger partial charge in [0.25, 0.3) is 9.84 Å². The molecule has 0 fully saturated rings. The minimum atomic E-state index is -3.96. The van der Waals surface area contributed by atoms with Crippen molar-refractivity contribution in [1.29, 1.82) is 0 Å². The molecule has 0 saturated carbocycles. The molecule has 0 aliphatic rings. The summed E-state index contributed by atoms with van der Waals surface area (Å²) in [6, 6.07) is 24.9. The minimum absolute atomic E-state index is 0.104. The molecule has 0 N–H and O–H groups in total. The van der Waals surface area contributed by atoms with Crippen molar-refractivity contribution in [3.05, 3.63) is 113 Å². The Morgan fingerprint density at radius 2 is 1.24 bits per heavy atom. The lowest BCUT2D eigenvalue weighted by molar-refractivity contribution is -0.00396. The molecule has 29 heavy (non-hydrogen) atoms. The molecule has 0 aromatic heterocycles. The van der Waals surface area contributed by atoms with Crippen LogP contribution in [0, 0.1) is 6.92 Å². The lowest BCUT2D eigenvalue weighted by Crippen LogP contribution is -2.25. The summed E-state index contributed by atoms with van der Waals surface area (Å²) in [5.74, 6) is -0.700. The number of hydrogen-bond acceptors (Lipinski definition) is 2. The summed E-state index contributed by atoms with van der Waals surface area (Å²) < 4.78 is 26.3. The highest BCUT2D eigenvalue weighted by atomic mass is 32.2. The summed E-state index contributed by atoms with van der Waals surface area (Å²) in [7, 11) is -3.96. The van der Waals surface area contributed by atoms with Crippen molar-refractivity contribution in [3.8, 4) is 0 Å². The molecule has 3 aromatic carbocycles. The molecule has 0 heterocycles. The molecule has 0 spiro atoms. The van der Waals surface area contributed by atoms with Crippen molar-refractivity contribution in [2.45, 2.75) is 17.7 Å². The molecule has 0 unspecified atom stereocenters. The lowest BCUT2D eigenvalue weighted by atomic mass is 9.92. The first-order chi connectivity index (χ1) is 14.0. The summed E-state index contributed by atoms with van der Waals surface area (Å²) in [5, 5.41) is -0.293. The van der Waals surface area contributed by atoms with Crippen LogP contribution in [0.2, 0.25) is 0 Å². The molecule has 0 saturated heterocycles. The Morgan fingerprint density at radius 1 is 0.828 bits per heavy atom. The van der Waals surface area contributed by atoms with Crippen LogP contribution in [0.3, 0.4) is 0 Å². The predicted molar refractivity (Wildman–Crippen MR) is 112 cm³/mol. The summed E-state index contributed by atoms with van der Waals surface area (Å²) in [5.41, 5.74) is 19.2. The van der Waals surface area contributed by atoms with E-state index >= 15 is 0 Å².